The van der Waals surface area contributed by atoms with Gasteiger partial charge < -0.3 is 4.98 Å². The lowest BCUT2D eigenvalue weighted by Gasteiger charge is -2.19. The molecule has 0 aliphatic carbocycles. The van der Waals surface area contributed by atoms with Crippen LogP contribution in [-0.2, 0) is 6.42 Å². The van der Waals surface area contributed by atoms with Crippen molar-refractivity contribution in [1.29, 1.82) is 0 Å². The average molecular weight is 190 g/mol. The predicted octanol–water partition coefficient (Wildman–Crippen LogP) is 2.94. The number of fused-ring (bicyclic) bond motifs is 1. The number of rotatable bonds is 3. The first kappa shape index (κ1) is 9.50. The van der Waals surface area contributed by atoms with Gasteiger partial charge in [-0.25, -0.2) is 0 Å². The minimum atomic E-state index is 0.502. The molecular formula is C12H18N2. The van der Waals surface area contributed by atoms with Gasteiger partial charge in [-0.3, -0.25) is 4.99 Å². The van der Waals surface area contributed by atoms with Gasteiger partial charge in [0.05, 0.1) is 6.04 Å². The van der Waals surface area contributed by atoms with Gasteiger partial charge >= 0.3 is 0 Å². The first-order valence-electron chi connectivity index (χ1n) is 5.58. The van der Waals surface area contributed by atoms with Crippen LogP contribution in [0, 0.1) is 0 Å². The molecule has 0 saturated carbocycles. The number of aliphatic imine (C=N–C) groups is 1. The normalized spacial score (nSPS) is 20.4. The molecule has 1 N–H and O–H groups in total. The third-order valence-corrected chi connectivity index (χ3v) is 2.88. The molecule has 0 amide bonds. The van der Waals surface area contributed by atoms with Crippen LogP contribution in [0.25, 0.3) is 0 Å². The third-order valence-electron chi connectivity index (χ3n) is 2.88. The summed E-state index contributed by atoms with van der Waals surface area (Å²) in [5.41, 5.74) is 4.05. The van der Waals surface area contributed by atoms with E-state index in [9.17, 15) is 0 Å². The quantitative estimate of drug-likeness (QED) is 0.759. The summed E-state index contributed by atoms with van der Waals surface area (Å²) in [5, 5.41) is 0. The zero-order chi connectivity index (χ0) is 9.97. The molecule has 14 heavy (non-hydrogen) atoms. The molecule has 76 valence electrons. The van der Waals surface area contributed by atoms with Crippen LogP contribution in [0.2, 0.25) is 0 Å². The topological polar surface area (TPSA) is 28.1 Å². The lowest BCUT2D eigenvalue weighted by Crippen LogP contribution is -2.19. The van der Waals surface area contributed by atoms with Crippen molar-refractivity contribution in [3.05, 3.63) is 23.5 Å². The molecule has 0 spiro atoms. The number of aromatic amines is 1. The molecule has 0 fully saturated rings. The summed E-state index contributed by atoms with van der Waals surface area (Å²) in [6.07, 6.45) is 6.56. The highest BCUT2D eigenvalue weighted by molar-refractivity contribution is 6.02. The molecule has 0 unspecified atom stereocenters. The molecule has 2 heteroatoms. The standard InChI is InChI=1S/C12H18N2/c1-3-5-11-10-6-7-13-12(10)8-9(4-2)14-11/h6-7,9,13H,3-5,8H2,1-2H3/t9-/m1/s1. The Morgan fingerprint density at radius 3 is 3.07 bits per heavy atom. The van der Waals surface area contributed by atoms with Crippen LogP contribution in [0.4, 0.5) is 0 Å². The Morgan fingerprint density at radius 1 is 1.50 bits per heavy atom. The fourth-order valence-electron chi connectivity index (χ4n) is 2.09. The minimum absolute atomic E-state index is 0.502. The smallest absolute Gasteiger partial charge is 0.0555 e. The molecule has 2 nitrogen and oxygen atoms in total. The third kappa shape index (κ3) is 1.61. The summed E-state index contributed by atoms with van der Waals surface area (Å²) < 4.78 is 0. The molecule has 2 rings (SSSR count). The van der Waals surface area contributed by atoms with Gasteiger partial charge in [0.15, 0.2) is 0 Å². The predicted molar refractivity (Wildman–Crippen MR) is 60.0 cm³/mol. The van der Waals surface area contributed by atoms with Gasteiger partial charge in [-0.1, -0.05) is 20.3 Å². The molecule has 0 radical (unpaired) electrons. The molecule has 0 aromatic carbocycles. The monoisotopic (exact) mass is 190 g/mol. The summed E-state index contributed by atoms with van der Waals surface area (Å²) in [5.74, 6) is 0. The number of hydrogen-bond donors (Lipinski definition) is 1. The Morgan fingerprint density at radius 2 is 2.36 bits per heavy atom. The van der Waals surface area contributed by atoms with Crippen molar-refractivity contribution in [2.24, 2.45) is 4.99 Å². The van der Waals surface area contributed by atoms with Crippen LogP contribution in [0.3, 0.4) is 0 Å². The van der Waals surface area contributed by atoms with Crippen LogP contribution < -0.4 is 0 Å². The number of nitrogens with one attached hydrogen (secondary N) is 1. The fourth-order valence-corrected chi connectivity index (χ4v) is 2.09. The van der Waals surface area contributed by atoms with E-state index in [4.69, 9.17) is 4.99 Å². The van der Waals surface area contributed by atoms with E-state index in [1.54, 1.807) is 0 Å². The molecule has 0 saturated heterocycles. The van der Waals surface area contributed by atoms with Gasteiger partial charge in [0.25, 0.3) is 0 Å². The second kappa shape index (κ2) is 3.99. The molecule has 2 heterocycles. The Bertz CT molecular complexity index is 336. The van der Waals surface area contributed by atoms with Crippen molar-refractivity contribution in [3.8, 4) is 0 Å². The van der Waals surface area contributed by atoms with Crippen LogP contribution in [-0.4, -0.2) is 16.7 Å². The largest absolute Gasteiger partial charge is 0.364 e. The maximum atomic E-state index is 4.80. The molecular weight excluding hydrogens is 172 g/mol. The summed E-state index contributed by atoms with van der Waals surface area (Å²) in [6, 6.07) is 2.66. The van der Waals surface area contributed by atoms with E-state index < -0.39 is 0 Å². The van der Waals surface area contributed by atoms with E-state index in [-0.39, 0.29) is 0 Å². The van der Waals surface area contributed by atoms with Crippen LogP contribution in [0.15, 0.2) is 17.3 Å². The number of nitrogens with zero attached hydrogens (tertiary/aromatic N) is 1. The SMILES string of the molecule is CCCC1=N[C@H](CC)Cc2[nH]ccc21. The van der Waals surface area contributed by atoms with Gasteiger partial charge in [0.1, 0.15) is 0 Å². The highest BCUT2D eigenvalue weighted by Crippen LogP contribution is 2.22. The Hall–Kier alpha value is -1.05. The van der Waals surface area contributed by atoms with Crippen molar-refractivity contribution in [2.75, 3.05) is 0 Å². The zero-order valence-corrected chi connectivity index (χ0v) is 9.01. The molecule has 1 aromatic heterocycles. The first-order valence-corrected chi connectivity index (χ1v) is 5.58. The average Bonchev–Trinajstić information content (AvgIpc) is 2.66. The van der Waals surface area contributed by atoms with Gasteiger partial charge in [0.2, 0.25) is 0 Å². The van der Waals surface area contributed by atoms with E-state index in [2.05, 4.69) is 24.9 Å². The van der Waals surface area contributed by atoms with Crippen molar-refractivity contribution in [3.63, 3.8) is 0 Å². The highest BCUT2D eigenvalue weighted by Gasteiger charge is 2.19. The van der Waals surface area contributed by atoms with E-state index >= 15 is 0 Å². The Kier molecular flexibility index (Phi) is 2.71. The molecule has 1 aromatic rings. The first-order chi connectivity index (χ1) is 6.85. The fraction of sp³-hybridized carbons (Fsp3) is 0.583. The molecule has 1 aliphatic rings. The van der Waals surface area contributed by atoms with Gasteiger partial charge in [-0.2, -0.15) is 0 Å². The molecule has 0 bridgehead atoms. The van der Waals surface area contributed by atoms with Crippen molar-refractivity contribution in [1.82, 2.24) is 4.98 Å². The summed E-state index contributed by atoms with van der Waals surface area (Å²) in [4.78, 5) is 8.13. The zero-order valence-electron chi connectivity index (χ0n) is 9.01. The van der Waals surface area contributed by atoms with Crippen LogP contribution in [0.5, 0.6) is 0 Å². The van der Waals surface area contributed by atoms with Crippen molar-refractivity contribution >= 4 is 5.71 Å². The van der Waals surface area contributed by atoms with Crippen molar-refractivity contribution < 1.29 is 0 Å². The maximum Gasteiger partial charge on any atom is 0.0555 e. The summed E-state index contributed by atoms with van der Waals surface area (Å²) in [7, 11) is 0. The number of aromatic nitrogens is 1. The van der Waals surface area contributed by atoms with E-state index in [1.165, 1.54) is 23.4 Å². The van der Waals surface area contributed by atoms with E-state index in [1.807, 2.05) is 6.20 Å². The second-order valence-corrected chi connectivity index (χ2v) is 3.96. The van der Waals surface area contributed by atoms with Crippen LogP contribution >= 0.6 is 0 Å². The van der Waals surface area contributed by atoms with Crippen molar-refractivity contribution in [2.45, 2.75) is 45.6 Å². The maximum absolute atomic E-state index is 4.80. The summed E-state index contributed by atoms with van der Waals surface area (Å²) in [6.45, 7) is 4.43. The Labute approximate surface area is 85.4 Å². The lowest BCUT2D eigenvalue weighted by atomic mass is 9.97. The number of H-pyrrole nitrogens is 1. The molecule has 1 atom stereocenters. The minimum Gasteiger partial charge on any atom is -0.364 e. The van der Waals surface area contributed by atoms with E-state index in [0.29, 0.717) is 6.04 Å². The van der Waals surface area contributed by atoms with Crippen LogP contribution in [0.1, 0.15) is 44.4 Å². The lowest BCUT2D eigenvalue weighted by molar-refractivity contribution is 0.628. The molecule has 1 aliphatic heterocycles. The Balaban J connectivity index is 2.30. The second-order valence-electron chi connectivity index (χ2n) is 3.96. The summed E-state index contributed by atoms with van der Waals surface area (Å²) >= 11 is 0. The highest BCUT2D eigenvalue weighted by atomic mass is 14.8. The number of hydrogen-bond acceptors (Lipinski definition) is 1. The van der Waals surface area contributed by atoms with Gasteiger partial charge in [-0.05, 0) is 18.9 Å². The van der Waals surface area contributed by atoms with Gasteiger partial charge in [0, 0.05) is 29.6 Å². The van der Waals surface area contributed by atoms with E-state index in [0.717, 1.165) is 19.3 Å². The van der Waals surface area contributed by atoms with Gasteiger partial charge in [-0.15, -0.1) is 0 Å².